The van der Waals surface area contributed by atoms with Crippen LogP contribution in [0.1, 0.15) is 21.5 Å². The van der Waals surface area contributed by atoms with E-state index in [2.05, 4.69) is 31.2 Å². The smallest absolute Gasteiger partial charge is 0.252 e. The molecule has 0 aliphatic heterocycles. The molecular formula is C25H20BrN5O. The molecule has 1 amide bonds. The fourth-order valence-corrected chi connectivity index (χ4v) is 4.22. The van der Waals surface area contributed by atoms with Gasteiger partial charge in [-0.25, -0.2) is 4.98 Å². The highest BCUT2D eigenvalue weighted by atomic mass is 79.9. The Bertz CT molecular complexity index is 1460. The summed E-state index contributed by atoms with van der Waals surface area (Å²) in [6, 6.07) is 17.6. The molecule has 6 nitrogen and oxygen atoms in total. The summed E-state index contributed by atoms with van der Waals surface area (Å²) in [6.07, 6.45) is 5.28. The Kier molecular flexibility index (Phi) is 5.43. The maximum Gasteiger partial charge on any atom is 0.252 e. The first-order chi connectivity index (χ1) is 15.6. The van der Waals surface area contributed by atoms with Crippen LogP contribution in [-0.4, -0.2) is 20.9 Å². The van der Waals surface area contributed by atoms with Crippen molar-refractivity contribution in [3.05, 3.63) is 94.4 Å². The van der Waals surface area contributed by atoms with Gasteiger partial charge in [0.25, 0.3) is 5.91 Å². The van der Waals surface area contributed by atoms with Crippen molar-refractivity contribution in [2.45, 2.75) is 13.1 Å². The van der Waals surface area contributed by atoms with Crippen LogP contribution in [0.5, 0.6) is 0 Å². The summed E-state index contributed by atoms with van der Waals surface area (Å²) in [5, 5.41) is 4.82. The van der Waals surface area contributed by atoms with Crippen molar-refractivity contribution in [1.29, 1.82) is 0 Å². The normalized spacial score (nSPS) is 11.2. The highest BCUT2D eigenvalue weighted by molar-refractivity contribution is 9.10. The van der Waals surface area contributed by atoms with Gasteiger partial charge in [0.1, 0.15) is 0 Å². The maximum atomic E-state index is 13.2. The van der Waals surface area contributed by atoms with Gasteiger partial charge in [-0.1, -0.05) is 40.2 Å². The van der Waals surface area contributed by atoms with E-state index in [1.807, 2.05) is 60.8 Å². The molecule has 0 spiro atoms. The largest absolute Gasteiger partial charge is 0.360 e. The number of carbonyl (C=O) groups is 1. The number of pyridine rings is 2. The third-order valence-corrected chi connectivity index (χ3v) is 5.95. The van der Waals surface area contributed by atoms with Crippen molar-refractivity contribution in [3.63, 3.8) is 0 Å². The van der Waals surface area contributed by atoms with E-state index in [0.717, 1.165) is 37.5 Å². The summed E-state index contributed by atoms with van der Waals surface area (Å²) in [6.45, 7) is 0.880. The molecule has 0 fully saturated rings. The van der Waals surface area contributed by atoms with Gasteiger partial charge >= 0.3 is 0 Å². The number of nitrogens with one attached hydrogen (secondary N) is 2. The molecule has 0 aliphatic rings. The summed E-state index contributed by atoms with van der Waals surface area (Å²) < 4.78 is 0.978. The van der Waals surface area contributed by atoms with E-state index < -0.39 is 0 Å². The van der Waals surface area contributed by atoms with Crippen LogP contribution in [-0.2, 0) is 13.1 Å². The number of nitrogens with two attached hydrogens (primary N) is 1. The molecule has 2 aromatic carbocycles. The quantitative estimate of drug-likeness (QED) is 0.328. The van der Waals surface area contributed by atoms with Crippen LogP contribution >= 0.6 is 15.9 Å². The summed E-state index contributed by atoms with van der Waals surface area (Å²) in [5.41, 5.74) is 11.6. The number of nitrogens with zero attached hydrogens (tertiary/aromatic N) is 2. The number of hydrogen-bond acceptors (Lipinski definition) is 4. The number of amides is 1. The minimum atomic E-state index is -0.163. The molecule has 3 heterocycles. The van der Waals surface area contributed by atoms with E-state index >= 15 is 0 Å². The van der Waals surface area contributed by atoms with Crippen LogP contribution in [0.25, 0.3) is 33.1 Å². The van der Waals surface area contributed by atoms with E-state index in [1.54, 1.807) is 12.4 Å². The second-order valence-corrected chi connectivity index (χ2v) is 8.46. The molecule has 0 saturated carbocycles. The third kappa shape index (κ3) is 3.88. The van der Waals surface area contributed by atoms with Gasteiger partial charge in [-0.2, -0.15) is 0 Å². The zero-order chi connectivity index (χ0) is 22.1. The molecule has 0 radical (unpaired) electrons. The van der Waals surface area contributed by atoms with Gasteiger partial charge < -0.3 is 16.0 Å². The topological polar surface area (TPSA) is 96.7 Å². The molecule has 5 aromatic rings. The summed E-state index contributed by atoms with van der Waals surface area (Å²) in [5.74, 6) is -0.163. The second-order valence-electron chi connectivity index (χ2n) is 7.55. The highest BCUT2D eigenvalue weighted by Gasteiger charge is 2.16. The summed E-state index contributed by atoms with van der Waals surface area (Å²) >= 11 is 3.54. The fraction of sp³-hybridized carbons (Fsp3) is 0.0800. The van der Waals surface area contributed by atoms with Gasteiger partial charge in [-0.3, -0.25) is 9.78 Å². The first kappa shape index (κ1) is 20.4. The average Bonchev–Trinajstić information content (AvgIpc) is 3.25. The van der Waals surface area contributed by atoms with Crippen LogP contribution in [0.2, 0.25) is 0 Å². The number of aromatic amines is 1. The zero-order valence-electron chi connectivity index (χ0n) is 17.1. The SMILES string of the molecule is NCc1cccc(CNC(=O)c2cc(-c3c[nH]c4ccc(Br)cc34)nc3cnccc23)c1. The van der Waals surface area contributed by atoms with E-state index in [9.17, 15) is 4.79 Å². The molecule has 0 unspecified atom stereocenters. The molecule has 4 N–H and O–H groups in total. The predicted molar refractivity (Wildman–Crippen MR) is 130 cm³/mol. The fourth-order valence-electron chi connectivity index (χ4n) is 3.85. The zero-order valence-corrected chi connectivity index (χ0v) is 18.7. The molecule has 0 saturated heterocycles. The van der Waals surface area contributed by atoms with Gasteiger partial charge in [0.15, 0.2) is 0 Å². The second kappa shape index (κ2) is 8.53. The first-order valence-electron chi connectivity index (χ1n) is 10.2. The molecule has 5 rings (SSSR count). The third-order valence-electron chi connectivity index (χ3n) is 5.46. The molecule has 0 aliphatic carbocycles. The van der Waals surface area contributed by atoms with Gasteiger partial charge in [0, 0.05) is 51.8 Å². The van der Waals surface area contributed by atoms with E-state index in [-0.39, 0.29) is 5.91 Å². The number of benzene rings is 2. The number of rotatable bonds is 5. The standard InChI is InChI=1S/C25H20BrN5O/c26-17-4-5-22-19(9-17)21(13-29-22)23-10-20(18-6-7-28-14-24(18)31-23)25(32)30-12-16-3-1-2-15(8-16)11-27/h1-10,13-14,29H,11-12,27H2,(H,30,32). The van der Waals surface area contributed by atoms with Gasteiger partial charge in [0.2, 0.25) is 0 Å². The van der Waals surface area contributed by atoms with Crippen molar-refractivity contribution < 1.29 is 4.79 Å². The summed E-state index contributed by atoms with van der Waals surface area (Å²) in [4.78, 5) is 25.5. The number of carbonyl (C=O) groups excluding carboxylic acids is 1. The minimum Gasteiger partial charge on any atom is -0.360 e. The van der Waals surface area contributed by atoms with E-state index in [0.29, 0.717) is 29.9 Å². The number of fused-ring (bicyclic) bond motifs is 2. The van der Waals surface area contributed by atoms with E-state index in [4.69, 9.17) is 10.7 Å². The van der Waals surface area contributed by atoms with Gasteiger partial charge in [-0.15, -0.1) is 0 Å². The number of halogens is 1. The molecular weight excluding hydrogens is 466 g/mol. The molecule has 3 aromatic heterocycles. The molecule has 0 bridgehead atoms. The lowest BCUT2D eigenvalue weighted by Gasteiger charge is -2.11. The molecule has 0 atom stereocenters. The Morgan fingerprint density at radius 3 is 2.81 bits per heavy atom. The van der Waals surface area contributed by atoms with Crippen molar-refractivity contribution in [3.8, 4) is 11.3 Å². The monoisotopic (exact) mass is 485 g/mol. The van der Waals surface area contributed by atoms with Crippen molar-refractivity contribution >= 4 is 43.6 Å². The van der Waals surface area contributed by atoms with Crippen LogP contribution in [0.3, 0.4) is 0 Å². The van der Waals surface area contributed by atoms with Crippen LogP contribution in [0, 0.1) is 0 Å². The molecule has 32 heavy (non-hydrogen) atoms. The lowest BCUT2D eigenvalue weighted by Crippen LogP contribution is -2.23. The number of hydrogen-bond donors (Lipinski definition) is 3. The maximum absolute atomic E-state index is 13.2. The van der Waals surface area contributed by atoms with Crippen molar-refractivity contribution in [2.75, 3.05) is 0 Å². The molecule has 7 heteroatoms. The first-order valence-corrected chi connectivity index (χ1v) is 11.0. The van der Waals surface area contributed by atoms with Gasteiger partial charge in [0.05, 0.1) is 23.0 Å². The molecule has 158 valence electrons. The van der Waals surface area contributed by atoms with Crippen LogP contribution < -0.4 is 11.1 Å². The Labute approximate surface area is 193 Å². The number of H-pyrrole nitrogens is 1. The van der Waals surface area contributed by atoms with Crippen LogP contribution in [0.15, 0.2) is 77.7 Å². The Hall–Kier alpha value is -3.55. The predicted octanol–water partition coefficient (Wildman–Crippen LogP) is 4.93. The number of aromatic nitrogens is 3. The highest BCUT2D eigenvalue weighted by Crippen LogP contribution is 2.32. The Morgan fingerprint density at radius 1 is 1.06 bits per heavy atom. The lowest BCUT2D eigenvalue weighted by molar-refractivity contribution is 0.0952. The summed E-state index contributed by atoms with van der Waals surface area (Å²) in [7, 11) is 0. The van der Waals surface area contributed by atoms with Crippen molar-refractivity contribution in [2.24, 2.45) is 5.73 Å². The lowest BCUT2D eigenvalue weighted by atomic mass is 10.0. The average molecular weight is 486 g/mol. The Balaban J connectivity index is 1.54. The van der Waals surface area contributed by atoms with Gasteiger partial charge in [-0.05, 0) is 41.5 Å². The van der Waals surface area contributed by atoms with Crippen LogP contribution in [0.4, 0.5) is 0 Å². The van der Waals surface area contributed by atoms with Crippen molar-refractivity contribution in [1.82, 2.24) is 20.3 Å². The Morgan fingerprint density at radius 2 is 1.94 bits per heavy atom. The minimum absolute atomic E-state index is 0.163. The van der Waals surface area contributed by atoms with E-state index in [1.165, 1.54) is 0 Å².